The molecule has 7 rings (SSSR count). The van der Waals surface area contributed by atoms with Crippen molar-refractivity contribution in [3.05, 3.63) is 78.3 Å². The monoisotopic (exact) mass is 487 g/mol. The molecule has 0 unspecified atom stereocenters. The SMILES string of the molecule is C1COCCO1.Fc1cc2ncccc2cc1Cc1cnc2ccc(-c3cnn(C4CNC4)c3)nn12. The molecule has 4 aromatic heterocycles. The van der Waals surface area contributed by atoms with Gasteiger partial charge in [-0.15, -0.1) is 0 Å². The lowest BCUT2D eigenvalue weighted by Crippen LogP contribution is -2.43. The number of hydrogen-bond donors (Lipinski definition) is 1. The minimum absolute atomic E-state index is 0.275. The largest absolute Gasteiger partial charge is 0.377 e. The normalized spacial score (nSPS) is 16.0. The van der Waals surface area contributed by atoms with Crippen LogP contribution < -0.4 is 5.32 Å². The van der Waals surface area contributed by atoms with E-state index in [1.165, 1.54) is 6.07 Å². The molecule has 6 heterocycles. The molecule has 0 saturated carbocycles. The predicted octanol–water partition coefficient (Wildman–Crippen LogP) is 3.05. The molecule has 0 amide bonds. The summed E-state index contributed by atoms with van der Waals surface area (Å²) in [5.41, 5.74) is 4.55. The number of halogens is 1. The summed E-state index contributed by atoms with van der Waals surface area (Å²) < 4.78 is 28.3. The first-order valence-electron chi connectivity index (χ1n) is 12.0. The Morgan fingerprint density at radius 3 is 2.58 bits per heavy atom. The van der Waals surface area contributed by atoms with E-state index in [9.17, 15) is 4.39 Å². The Kier molecular flexibility index (Phi) is 6.37. The van der Waals surface area contributed by atoms with Crippen LogP contribution in [0.25, 0.3) is 27.8 Å². The molecule has 0 aliphatic carbocycles. The fraction of sp³-hybridized carbons (Fsp3) is 0.308. The zero-order valence-corrected chi connectivity index (χ0v) is 19.7. The summed E-state index contributed by atoms with van der Waals surface area (Å²) in [5.74, 6) is -0.275. The lowest BCUT2D eigenvalue weighted by Gasteiger charge is -2.27. The summed E-state index contributed by atoms with van der Waals surface area (Å²) in [6.45, 7) is 4.98. The van der Waals surface area contributed by atoms with Crippen molar-refractivity contribution in [1.29, 1.82) is 0 Å². The van der Waals surface area contributed by atoms with Crippen LogP contribution in [0.5, 0.6) is 0 Å². The van der Waals surface area contributed by atoms with Crippen LogP contribution in [0.3, 0.4) is 0 Å². The summed E-state index contributed by atoms with van der Waals surface area (Å²) in [4.78, 5) is 8.65. The second-order valence-corrected chi connectivity index (χ2v) is 8.80. The number of fused-ring (bicyclic) bond motifs is 2. The molecular weight excluding hydrogens is 461 g/mol. The first kappa shape index (κ1) is 22.7. The second kappa shape index (κ2) is 10.1. The van der Waals surface area contributed by atoms with Crippen molar-refractivity contribution >= 4 is 16.6 Å². The Bertz CT molecular complexity index is 1480. The van der Waals surface area contributed by atoms with Gasteiger partial charge in [-0.3, -0.25) is 9.67 Å². The van der Waals surface area contributed by atoms with E-state index in [1.807, 2.05) is 47.4 Å². The highest BCUT2D eigenvalue weighted by Gasteiger charge is 2.20. The Hall–Kier alpha value is -3.73. The van der Waals surface area contributed by atoms with Crippen LogP contribution in [-0.2, 0) is 15.9 Å². The third-order valence-corrected chi connectivity index (χ3v) is 6.35. The Labute approximate surface area is 206 Å². The van der Waals surface area contributed by atoms with Crippen LogP contribution in [0.4, 0.5) is 4.39 Å². The highest BCUT2D eigenvalue weighted by Crippen LogP contribution is 2.23. The van der Waals surface area contributed by atoms with Gasteiger partial charge in [-0.1, -0.05) is 6.07 Å². The van der Waals surface area contributed by atoms with Gasteiger partial charge in [0, 0.05) is 48.9 Å². The molecule has 2 saturated heterocycles. The highest BCUT2D eigenvalue weighted by molar-refractivity contribution is 5.79. The Morgan fingerprint density at radius 1 is 1.00 bits per heavy atom. The number of nitrogens with zero attached hydrogens (tertiary/aromatic N) is 6. The summed E-state index contributed by atoms with van der Waals surface area (Å²) in [5, 5.41) is 13.4. The minimum Gasteiger partial charge on any atom is -0.377 e. The molecule has 10 heteroatoms. The van der Waals surface area contributed by atoms with Crippen molar-refractivity contribution in [3.8, 4) is 11.3 Å². The van der Waals surface area contributed by atoms with Crippen LogP contribution >= 0.6 is 0 Å². The first-order valence-corrected chi connectivity index (χ1v) is 12.0. The van der Waals surface area contributed by atoms with Crippen LogP contribution in [0.1, 0.15) is 17.3 Å². The molecule has 0 bridgehead atoms. The molecule has 9 nitrogen and oxygen atoms in total. The average Bonchev–Trinajstić information content (AvgIpc) is 3.52. The molecule has 2 fully saturated rings. The van der Waals surface area contributed by atoms with Crippen molar-refractivity contribution in [1.82, 2.24) is 34.7 Å². The average molecular weight is 488 g/mol. The summed E-state index contributed by atoms with van der Waals surface area (Å²) >= 11 is 0. The van der Waals surface area contributed by atoms with Gasteiger partial charge in [-0.05, 0) is 29.8 Å². The summed E-state index contributed by atoms with van der Waals surface area (Å²) in [6, 6.07) is 11.4. The van der Waals surface area contributed by atoms with Crippen molar-refractivity contribution in [2.75, 3.05) is 39.5 Å². The van der Waals surface area contributed by atoms with E-state index < -0.39 is 0 Å². The third-order valence-electron chi connectivity index (χ3n) is 6.35. The van der Waals surface area contributed by atoms with Crippen molar-refractivity contribution in [2.45, 2.75) is 12.5 Å². The molecule has 5 aromatic rings. The molecule has 0 atom stereocenters. The number of benzene rings is 1. The number of rotatable bonds is 4. The fourth-order valence-electron chi connectivity index (χ4n) is 4.24. The smallest absolute Gasteiger partial charge is 0.153 e. The van der Waals surface area contributed by atoms with Gasteiger partial charge in [0.25, 0.3) is 0 Å². The third kappa shape index (κ3) is 4.70. The minimum atomic E-state index is -0.275. The molecule has 1 aromatic carbocycles. The van der Waals surface area contributed by atoms with Gasteiger partial charge in [0.05, 0.1) is 61.8 Å². The summed E-state index contributed by atoms with van der Waals surface area (Å²) in [7, 11) is 0. The molecule has 0 radical (unpaired) electrons. The van der Waals surface area contributed by atoms with Gasteiger partial charge >= 0.3 is 0 Å². The lowest BCUT2D eigenvalue weighted by molar-refractivity contribution is -0.0334. The highest BCUT2D eigenvalue weighted by atomic mass is 19.1. The maximum atomic E-state index is 14.7. The molecule has 2 aliphatic rings. The maximum absolute atomic E-state index is 14.7. The molecule has 36 heavy (non-hydrogen) atoms. The van der Waals surface area contributed by atoms with Gasteiger partial charge in [-0.25, -0.2) is 13.9 Å². The second-order valence-electron chi connectivity index (χ2n) is 8.80. The molecule has 0 spiro atoms. The lowest BCUT2D eigenvalue weighted by atomic mass is 10.1. The quantitative estimate of drug-likeness (QED) is 0.417. The van der Waals surface area contributed by atoms with Gasteiger partial charge in [0.2, 0.25) is 0 Å². The number of ether oxygens (including phenoxy) is 2. The molecule has 2 aliphatic heterocycles. The Balaban J connectivity index is 0.000000353. The van der Waals surface area contributed by atoms with Gasteiger partial charge in [0.15, 0.2) is 5.65 Å². The van der Waals surface area contributed by atoms with Crippen molar-refractivity contribution < 1.29 is 13.9 Å². The number of hydrogen-bond acceptors (Lipinski definition) is 7. The van der Waals surface area contributed by atoms with E-state index in [1.54, 1.807) is 16.9 Å². The van der Waals surface area contributed by atoms with E-state index in [4.69, 9.17) is 14.6 Å². The van der Waals surface area contributed by atoms with Crippen molar-refractivity contribution in [3.63, 3.8) is 0 Å². The van der Waals surface area contributed by atoms with Crippen LogP contribution in [-0.4, -0.2) is 68.9 Å². The van der Waals surface area contributed by atoms with Crippen LogP contribution in [0.2, 0.25) is 0 Å². The molecule has 184 valence electrons. The topological polar surface area (TPSA) is 91.4 Å². The number of aromatic nitrogens is 6. The first-order chi connectivity index (χ1) is 17.7. The fourth-order valence-corrected chi connectivity index (χ4v) is 4.24. The molecule has 1 N–H and O–H groups in total. The zero-order valence-electron chi connectivity index (χ0n) is 19.7. The number of imidazole rings is 1. The molecular formula is C26H26FN7O2. The van der Waals surface area contributed by atoms with Gasteiger partial charge < -0.3 is 14.8 Å². The van der Waals surface area contributed by atoms with E-state index in [2.05, 4.69) is 20.4 Å². The number of nitrogens with one attached hydrogen (secondary N) is 1. The van der Waals surface area contributed by atoms with E-state index >= 15 is 0 Å². The van der Waals surface area contributed by atoms with E-state index in [-0.39, 0.29) is 5.82 Å². The van der Waals surface area contributed by atoms with E-state index in [0.717, 1.165) is 67.5 Å². The predicted molar refractivity (Wildman–Crippen MR) is 132 cm³/mol. The zero-order chi connectivity index (χ0) is 24.3. The van der Waals surface area contributed by atoms with Crippen molar-refractivity contribution in [2.24, 2.45) is 0 Å². The standard InChI is InChI=1S/C22H18FN7.C4H8O2/c23-19-8-21-14(2-1-5-25-21)6-15(19)7-17-12-26-22-4-3-20(28-30(17)22)16-9-27-29(13-16)18-10-24-11-18;1-2-6-4-3-5-1/h1-6,8-9,12-13,18,24H,7,10-11H2;1-4H2. The van der Waals surface area contributed by atoms with E-state index in [0.29, 0.717) is 23.5 Å². The van der Waals surface area contributed by atoms with Crippen LogP contribution in [0, 0.1) is 5.82 Å². The van der Waals surface area contributed by atoms with Gasteiger partial charge in [-0.2, -0.15) is 10.2 Å². The summed E-state index contributed by atoms with van der Waals surface area (Å²) in [6.07, 6.45) is 7.66. The Morgan fingerprint density at radius 2 is 1.83 bits per heavy atom. The maximum Gasteiger partial charge on any atom is 0.153 e. The van der Waals surface area contributed by atoms with Gasteiger partial charge in [0.1, 0.15) is 5.82 Å². The number of pyridine rings is 1. The van der Waals surface area contributed by atoms with Crippen LogP contribution in [0.15, 0.2) is 61.2 Å².